The molecular weight excluding hydrogens is 412 g/mol. The lowest BCUT2D eigenvalue weighted by Crippen LogP contribution is -2.48. The summed E-state index contributed by atoms with van der Waals surface area (Å²) in [6.07, 6.45) is -0.204. The lowest BCUT2D eigenvalue weighted by atomic mass is 10.0. The van der Waals surface area contributed by atoms with Crippen LogP contribution in [0.3, 0.4) is 0 Å². The third kappa shape index (κ3) is 7.72. The van der Waals surface area contributed by atoms with Crippen molar-refractivity contribution in [3.8, 4) is 5.75 Å². The summed E-state index contributed by atoms with van der Waals surface area (Å²) in [5.74, 6) is 0.607. The quantitative estimate of drug-likeness (QED) is 0.450. The van der Waals surface area contributed by atoms with E-state index < -0.39 is 12.1 Å². The van der Waals surface area contributed by atoms with Gasteiger partial charge in [-0.05, 0) is 41.8 Å². The van der Waals surface area contributed by atoms with Crippen molar-refractivity contribution in [2.75, 3.05) is 13.7 Å². The van der Waals surface area contributed by atoms with Gasteiger partial charge in [0.05, 0.1) is 19.3 Å². The van der Waals surface area contributed by atoms with E-state index in [4.69, 9.17) is 4.74 Å². The number of rotatable bonds is 10. The van der Waals surface area contributed by atoms with Gasteiger partial charge in [-0.15, -0.1) is 12.4 Å². The Hall–Kier alpha value is -2.86. The number of nitrogens with one attached hydrogen (secondary N) is 2. The van der Waals surface area contributed by atoms with Crippen LogP contribution >= 0.6 is 12.4 Å². The SMILES string of the molecule is COc1cccc(CNC[C@@H](O)[C@H](Cc2ccccc2)NC(=O)c2ccccc2)c1.Cl. The molecule has 0 aliphatic rings. The molecule has 3 rings (SSSR count). The van der Waals surface area contributed by atoms with Crippen LogP contribution in [0.2, 0.25) is 0 Å². The minimum absolute atomic E-state index is 0. The summed E-state index contributed by atoms with van der Waals surface area (Å²) in [5.41, 5.74) is 2.70. The zero-order valence-corrected chi connectivity index (χ0v) is 18.3. The van der Waals surface area contributed by atoms with Crippen molar-refractivity contribution in [1.82, 2.24) is 10.6 Å². The zero-order valence-electron chi connectivity index (χ0n) is 17.5. The van der Waals surface area contributed by atoms with E-state index in [0.29, 0.717) is 25.1 Å². The minimum atomic E-state index is -0.747. The Morgan fingerprint density at radius 2 is 1.58 bits per heavy atom. The number of halogens is 1. The predicted molar refractivity (Wildman–Crippen MR) is 126 cm³/mol. The maximum absolute atomic E-state index is 12.7. The fourth-order valence-corrected chi connectivity index (χ4v) is 3.28. The summed E-state index contributed by atoms with van der Waals surface area (Å²) < 4.78 is 5.25. The third-order valence-corrected chi connectivity index (χ3v) is 4.93. The first-order chi connectivity index (χ1) is 14.7. The van der Waals surface area contributed by atoms with Crippen LogP contribution in [0, 0.1) is 0 Å². The monoisotopic (exact) mass is 440 g/mol. The topological polar surface area (TPSA) is 70.6 Å². The van der Waals surface area contributed by atoms with Crippen molar-refractivity contribution in [2.24, 2.45) is 0 Å². The standard InChI is InChI=1S/C25H28N2O3.ClH/c1-30-22-14-8-11-20(15-22)17-26-18-24(28)23(16-19-9-4-2-5-10-19)27-25(29)21-12-6-3-7-13-21;/h2-15,23-24,26,28H,16-18H2,1H3,(H,27,29);1H/t23-,24+;/m0./s1. The van der Waals surface area contributed by atoms with Gasteiger partial charge in [0.1, 0.15) is 5.75 Å². The van der Waals surface area contributed by atoms with Crippen molar-refractivity contribution >= 4 is 18.3 Å². The molecule has 0 unspecified atom stereocenters. The molecule has 5 nitrogen and oxygen atoms in total. The second-order valence-electron chi connectivity index (χ2n) is 7.19. The van der Waals surface area contributed by atoms with Gasteiger partial charge in [-0.3, -0.25) is 4.79 Å². The Labute approximate surface area is 189 Å². The van der Waals surface area contributed by atoms with Crippen molar-refractivity contribution < 1.29 is 14.6 Å². The molecule has 0 aliphatic heterocycles. The van der Waals surface area contributed by atoms with Gasteiger partial charge in [0.25, 0.3) is 5.91 Å². The van der Waals surface area contributed by atoms with E-state index in [-0.39, 0.29) is 18.3 Å². The normalized spacial score (nSPS) is 12.3. The van der Waals surface area contributed by atoms with Crippen LogP contribution in [0.15, 0.2) is 84.9 Å². The van der Waals surface area contributed by atoms with Gasteiger partial charge in [-0.25, -0.2) is 0 Å². The van der Waals surface area contributed by atoms with Crippen LogP contribution in [0.25, 0.3) is 0 Å². The maximum atomic E-state index is 12.7. The van der Waals surface area contributed by atoms with E-state index in [1.807, 2.05) is 72.8 Å². The zero-order chi connectivity index (χ0) is 21.2. The Morgan fingerprint density at radius 3 is 2.26 bits per heavy atom. The highest BCUT2D eigenvalue weighted by atomic mass is 35.5. The smallest absolute Gasteiger partial charge is 0.251 e. The van der Waals surface area contributed by atoms with Crippen molar-refractivity contribution in [2.45, 2.75) is 25.1 Å². The number of carbonyl (C=O) groups excluding carboxylic acids is 1. The Kier molecular flexibility index (Phi) is 10.0. The predicted octanol–water partition coefficient (Wildman–Crippen LogP) is 3.61. The van der Waals surface area contributed by atoms with Gasteiger partial charge in [-0.1, -0.05) is 60.7 Å². The van der Waals surface area contributed by atoms with E-state index in [1.165, 1.54) is 0 Å². The van der Waals surface area contributed by atoms with Crippen LogP contribution < -0.4 is 15.4 Å². The van der Waals surface area contributed by atoms with E-state index in [2.05, 4.69) is 10.6 Å². The molecule has 3 aromatic rings. The number of hydrogen-bond donors (Lipinski definition) is 3. The van der Waals surface area contributed by atoms with Gasteiger partial charge in [0, 0.05) is 18.7 Å². The van der Waals surface area contributed by atoms with Crippen LogP contribution in [-0.4, -0.2) is 36.8 Å². The molecule has 31 heavy (non-hydrogen) atoms. The van der Waals surface area contributed by atoms with E-state index >= 15 is 0 Å². The molecule has 1 amide bonds. The van der Waals surface area contributed by atoms with E-state index in [1.54, 1.807) is 19.2 Å². The van der Waals surface area contributed by atoms with Crippen LogP contribution in [0.5, 0.6) is 5.75 Å². The molecule has 3 aromatic carbocycles. The maximum Gasteiger partial charge on any atom is 0.251 e. The third-order valence-electron chi connectivity index (χ3n) is 4.93. The lowest BCUT2D eigenvalue weighted by Gasteiger charge is -2.25. The van der Waals surface area contributed by atoms with Crippen molar-refractivity contribution in [1.29, 1.82) is 0 Å². The van der Waals surface area contributed by atoms with Crippen molar-refractivity contribution in [3.05, 3.63) is 102 Å². The van der Waals surface area contributed by atoms with E-state index in [0.717, 1.165) is 16.9 Å². The number of carbonyl (C=O) groups is 1. The fourth-order valence-electron chi connectivity index (χ4n) is 3.28. The summed E-state index contributed by atoms with van der Waals surface area (Å²) in [6, 6.07) is 26.3. The van der Waals surface area contributed by atoms with Gasteiger partial charge in [-0.2, -0.15) is 0 Å². The number of aliphatic hydroxyl groups excluding tert-OH is 1. The van der Waals surface area contributed by atoms with Crippen LogP contribution in [-0.2, 0) is 13.0 Å². The van der Waals surface area contributed by atoms with Gasteiger partial charge < -0.3 is 20.5 Å². The molecule has 6 heteroatoms. The van der Waals surface area contributed by atoms with Crippen LogP contribution in [0.4, 0.5) is 0 Å². The molecule has 0 aliphatic carbocycles. The second kappa shape index (κ2) is 12.7. The summed E-state index contributed by atoms with van der Waals surface area (Å²) in [7, 11) is 1.64. The highest BCUT2D eigenvalue weighted by Gasteiger charge is 2.22. The number of amides is 1. The summed E-state index contributed by atoms with van der Waals surface area (Å²) >= 11 is 0. The second-order valence-corrected chi connectivity index (χ2v) is 7.19. The number of methoxy groups -OCH3 is 1. The Bertz CT molecular complexity index is 922. The molecule has 3 N–H and O–H groups in total. The summed E-state index contributed by atoms with van der Waals surface area (Å²) in [4.78, 5) is 12.7. The average molecular weight is 441 g/mol. The van der Waals surface area contributed by atoms with Crippen molar-refractivity contribution in [3.63, 3.8) is 0 Å². The molecule has 0 spiro atoms. The molecule has 164 valence electrons. The molecular formula is C25H29ClN2O3. The molecule has 0 bridgehead atoms. The summed E-state index contributed by atoms with van der Waals surface area (Å²) in [5, 5.41) is 17.1. The lowest BCUT2D eigenvalue weighted by molar-refractivity contribution is 0.0830. The molecule has 0 saturated heterocycles. The summed E-state index contributed by atoms with van der Waals surface area (Å²) in [6.45, 7) is 0.947. The molecule has 0 fully saturated rings. The molecule has 0 saturated carbocycles. The number of benzene rings is 3. The van der Waals surface area contributed by atoms with Gasteiger partial charge >= 0.3 is 0 Å². The number of aliphatic hydroxyl groups is 1. The Balaban J connectivity index is 0.00000341. The molecule has 0 heterocycles. The fraction of sp³-hybridized carbons (Fsp3) is 0.240. The van der Waals surface area contributed by atoms with Crippen LogP contribution in [0.1, 0.15) is 21.5 Å². The molecule has 0 radical (unpaired) electrons. The molecule has 2 atom stereocenters. The largest absolute Gasteiger partial charge is 0.497 e. The molecule has 0 aromatic heterocycles. The average Bonchev–Trinajstić information content (AvgIpc) is 2.80. The minimum Gasteiger partial charge on any atom is -0.497 e. The number of hydrogen-bond acceptors (Lipinski definition) is 4. The highest BCUT2D eigenvalue weighted by Crippen LogP contribution is 2.12. The highest BCUT2D eigenvalue weighted by molar-refractivity contribution is 5.94. The first-order valence-corrected chi connectivity index (χ1v) is 10.1. The first kappa shape index (κ1) is 24.4. The Morgan fingerprint density at radius 1 is 0.935 bits per heavy atom. The first-order valence-electron chi connectivity index (χ1n) is 10.1. The van der Waals surface area contributed by atoms with Gasteiger partial charge in [0.2, 0.25) is 0 Å². The van der Waals surface area contributed by atoms with E-state index in [9.17, 15) is 9.90 Å². The number of ether oxygens (including phenoxy) is 1. The van der Waals surface area contributed by atoms with Gasteiger partial charge in [0.15, 0.2) is 0 Å².